The Hall–Kier alpha value is -3.12. The molecule has 0 aliphatic carbocycles. The molecule has 1 atom stereocenters. The summed E-state index contributed by atoms with van der Waals surface area (Å²) in [5.74, 6) is 1.20. The molecule has 6 heteroatoms. The van der Waals surface area contributed by atoms with E-state index in [-0.39, 0.29) is 11.9 Å². The van der Waals surface area contributed by atoms with Crippen LogP contribution in [0.25, 0.3) is 5.69 Å². The predicted molar refractivity (Wildman–Crippen MR) is 143 cm³/mol. The smallest absolute Gasteiger partial charge is 0.254 e. The highest BCUT2D eigenvalue weighted by Gasteiger charge is 2.29. The quantitative estimate of drug-likeness (QED) is 0.458. The van der Waals surface area contributed by atoms with Crippen molar-refractivity contribution in [3.05, 3.63) is 77.0 Å². The SMILES string of the molecule is CCC(C)N(Cc1c(C)nn(-c2ccccc2)c1N1CCN(CC)CC1)C(=O)c1ccc(C)cc1. The van der Waals surface area contributed by atoms with Gasteiger partial charge in [-0.3, -0.25) is 4.79 Å². The van der Waals surface area contributed by atoms with Crippen LogP contribution in [0.4, 0.5) is 5.82 Å². The molecular weight excluding hydrogens is 434 g/mol. The van der Waals surface area contributed by atoms with E-state index in [2.05, 4.69) is 66.4 Å². The lowest BCUT2D eigenvalue weighted by Crippen LogP contribution is -2.47. The molecule has 0 N–H and O–H groups in total. The van der Waals surface area contributed by atoms with Crippen LogP contribution < -0.4 is 4.90 Å². The number of aromatic nitrogens is 2. The first kappa shape index (κ1) is 25.0. The maximum atomic E-state index is 13.7. The molecular formula is C29H39N5O. The van der Waals surface area contributed by atoms with Crippen LogP contribution in [0.15, 0.2) is 54.6 Å². The highest BCUT2D eigenvalue weighted by atomic mass is 16.2. The molecule has 4 rings (SSSR count). The molecule has 3 aromatic rings. The van der Waals surface area contributed by atoms with E-state index in [1.54, 1.807) is 0 Å². The van der Waals surface area contributed by atoms with Crippen molar-refractivity contribution in [2.75, 3.05) is 37.6 Å². The number of aryl methyl sites for hydroxylation is 2. The zero-order valence-electron chi connectivity index (χ0n) is 21.9. The summed E-state index contributed by atoms with van der Waals surface area (Å²) in [7, 11) is 0. The van der Waals surface area contributed by atoms with Gasteiger partial charge in [-0.2, -0.15) is 5.10 Å². The van der Waals surface area contributed by atoms with Gasteiger partial charge in [-0.25, -0.2) is 4.68 Å². The summed E-state index contributed by atoms with van der Waals surface area (Å²) in [5.41, 5.74) is 5.06. The third-order valence-corrected chi connectivity index (χ3v) is 7.29. The molecule has 1 amide bonds. The van der Waals surface area contributed by atoms with Gasteiger partial charge >= 0.3 is 0 Å². The van der Waals surface area contributed by atoms with Gasteiger partial charge in [0, 0.05) is 43.3 Å². The van der Waals surface area contributed by atoms with Crippen LogP contribution in [0, 0.1) is 13.8 Å². The Morgan fingerprint density at radius 2 is 1.63 bits per heavy atom. The molecule has 1 aliphatic heterocycles. The van der Waals surface area contributed by atoms with Crippen LogP contribution in [0.2, 0.25) is 0 Å². The number of hydrogen-bond donors (Lipinski definition) is 0. The number of benzene rings is 2. The summed E-state index contributed by atoms with van der Waals surface area (Å²) in [5, 5.41) is 5.00. The highest BCUT2D eigenvalue weighted by molar-refractivity contribution is 5.94. The van der Waals surface area contributed by atoms with Crippen LogP contribution in [0.5, 0.6) is 0 Å². The van der Waals surface area contributed by atoms with Gasteiger partial charge in [-0.15, -0.1) is 0 Å². The van der Waals surface area contributed by atoms with E-state index in [0.29, 0.717) is 6.54 Å². The van der Waals surface area contributed by atoms with Crippen molar-refractivity contribution in [3.8, 4) is 5.69 Å². The van der Waals surface area contributed by atoms with Crippen LogP contribution in [-0.4, -0.2) is 64.3 Å². The maximum Gasteiger partial charge on any atom is 0.254 e. The molecule has 1 aromatic heterocycles. The second-order valence-electron chi connectivity index (χ2n) is 9.61. The fourth-order valence-corrected chi connectivity index (χ4v) is 4.76. The Morgan fingerprint density at radius 1 is 0.971 bits per heavy atom. The Kier molecular flexibility index (Phi) is 7.91. The van der Waals surface area contributed by atoms with E-state index in [1.807, 2.05) is 42.2 Å². The van der Waals surface area contributed by atoms with Gasteiger partial charge in [0.15, 0.2) is 0 Å². The fourth-order valence-electron chi connectivity index (χ4n) is 4.76. The largest absolute Gasteiger partial charge is 0.354 e. The molecule has 1 aliphatic rings. The number of anilines is 1. The van der Waals surface area contributed by atoms with E-state index in [0.717, 1.165) is 73.0 Å². The minimum atomic E-state index is 0.0768. The van der Waals surface area contributed by atoms with Gasteiger partial charge in [0.2, 0.25) is 0 Å². The number of hydrogen-bond acceptors (Lipinski definition) is 4. The minimum Gasteiger partial charge on any atom is -0.354 e. The van der Waals surface area contributed by atoms with E-state index in [1.165, 1.54) is 0 Å². The second kappa shape index (κ2) is 11.1. The predicted octanol–water partition coefficient (Wildman–Crippen LogP) is 5.07. The number of para-hydroxylation sites is 1. The van der Waals surface area contributed by atoms with E-state index in [9.17, 15) is 4.79 Å². The van der Waals surface area contributed by atoms with Gasteiger partial charge in [-0.05, 0) is 58.0 Å². The molecule has 186 valence electrons. The summed E-state index contributed by atoms with van der Waals surface area (Å²) in [6.45, 7) is 16.2. The van der Waals surface area contributed by atoms with Gasteiger partial charge in [0.05, 0.1) is 17.9 Å². The first-order chi connectivity index (χ1) is 16.9. The fraction of sp³-hybridized carbons (Fsp3) is 0.448. The van der Waals surface area contributed by atoms with Crippen LogP contribution in [-0.2, 0) is 6.54 Å². The summed E-state index contributed by atoms with van der Waals surface area (Å²) in [6.07, 6.45) is 0.897. The number of nitrogens with zero attached hydrogens (tertiary/aromatic N) is 5. The Bertz CT molecular complexity index is 1110. The van der Waals surface area contributed by atoms with Crippen molar-refractivity contribution in [3.63, 3.8) is 0 Å². The maximum absolute atomic E-state index is 13.7. The second-order valence-corrected chi connectivity index (χ2v) is 9.61. The molecule has 0 saturated carbocycles. The number of amides is 1. The van der Waals surface area contributed by atoms with E-state index >= 15 is 0 Å². The molecule has 1 fully saturated rings. The molecule has 0 bridgehead atoms. The van der Waals surface area contributed by atoms with Crippen molar-refractivity contribution < 1.29 is 4.79 Å². The van der Waals surface area contributed by atoms with Gasteiger partial charge in [0.1, 0.15) is 5.82 Å². The lowest BCUT2D eigenvalue weighted by Gasteiger charge is -2.37. The summed E-state index contributed by atoms with van der Waals surface area (Å²) in [4.78, 5) is 20.7. The average Bonchev–Trinajstić information content (AvgIpc) is 3.23. The van der Waals surface area contributed by atoms with Gasteiger partial charge < -0.3 is 14.7 Å². The van der Waals surface area contributed by atoms with Gasteiger partial charge in [0.25, 0.3) is 5.91 Å². The molecule has 6 nitrogen and oxygen atoms in total. The number of carbonyl (C=O) groups is 1. The third-order valence-electron chi connectivity index (χ3n) is 7.29. The Labute approximate surface area is 210 Å². The summed E-state index contributed by atoms with van der Waals surface area (Å²) < 4.78 is 2.08. The third kappa shape index (κ3) is 5.43. The first-order valence-corrected chi connectivity index (χ1v) is 12.9. The molecule has 0 spiro atoms. The summed E-state index contributed by atoms with van der Waals surface area (Å²) in [6, 6.07) is 18.4. The van der Waals surface area contributed by atoms with E-state index in [4.69, 9.17) is 5.10 Å². The number of piperazine rings is 1. The standard InChI is InChI=1S/C29H39N5O/c1-6-23(4)33(29(35)25-15-13-22(3)14-16-25)21-27-24(5)30-34(26-11-9-8-10-12-26)28(27)32-19-17-31(7-2)18-20-32/h8-16,23H,6-7,17-21H2,1-5H3. The van der Waals surface area contributed by atoms with Crippen molar-refractivity contribution in [1.82, 2.24) is 19.6 Å². The zero-order valence-corrected chi connectivity index (χ0v) is 21.9. The van der Waals surface area contributed by atoms with Crippen LogP contribution >= 0.6 is 0 Å². The number of rotatable bonds is 8. The van der Waals surface area contributed by atoms with Gasteiger partial charge in [-0.1, -0.05) is 49.7 Å². The average molecular weight is 474 g/mol. The van der Waals surface area contributed by atoms with Crippen molar-refractivity contribution in [1.29, 1.82) is 0 Å². The summed E-state index contributed by atoms with van der Waals surface area (Å²) >= 11 is 0. The lowest BCUT2D eigenvalue weighted by atomic mass is 10.1. The monoisotopic (exact) mass is 473 g/mol. The number of likely N-dealkylation sites (N-methyl/N-ethyl adjacent to an activating group) is 1. The van der Waals surface area contributed by atoms with Crippen molar-refractivity contribution >= 4 is 11.7 Å². The Morgan fingerprint density at radius 3 is 2.23 bits per heavy atom. The van der Waals surface area contributed by atoms with E-state index < -0.39 is 0 Å². The molecule has 0 radical (unpaired) electrons. The minimum absolute atomic E-state index is 0.0768. The molecule has 2 heterocycles. The van der Waals surface area contributed by atoms with Crippen molar-refractivity contribution in [2.45, 2.75) is 53.6 Å². The highest BCUT2D eigenvalue weighted by Crippen LogP contribution is 2.31. The normalized spacial score (nSPS) is 15.3. The molecule has 2 aromatic carbocycles. The van der Waals surface area contributed by atoms with Crippen molar-refractivity contribution in [2.24, 2.45) is 0 Å². The van der Waals surface area contributed by atoms with Crippen LogP contribution in [0.3, 0.4) is 0 Å². The number of carbonyl (C=O) groups excluding carboxylic acids is 1. The first-order valence-electron chi connectivity index (χ1n) is 12.9. The zero-order chi connectivity index (χ0) is 24.9. The molecule has 1 unspecified atom stereocenters. The van der Waals surface area contributed by atoms with Crippen LogP contribution in [0.1, 0.15) is 54.4 Å². The molecule has 35 heavy (non-hydrogen) atoms. The lowest BCUT2D eigenvalue weighted by molar-refractivity contribution is 0.0671. The topological polar surface area (TPSA) is 44.6 Å². The molecule has 1 saturated heterocycles. The Balaban J connectivity index is 1.74.